The monoisotopic (exact) mass is 366 g/mol. The van der Waals surface area contributed by atoms with E-state index in [1.54, 1.807) is 0 Å². The van der Waals surface area contributed by atoms with Crippen molar-refractivity contribution in [2.24, 2.45) is 0 Å². The lowest BCUT2D eigenvalue weighted by Gasteiger charge is -2.10. The molecule has 0 bridgehead atoms. The molecule has 0 aliphatic carbocycles. The molecule has 2 heteroatoms. The molecule has 0 saturated carbocycles. The summed E-state index contributed by atoms with van der Waals surface area (Å²) < 4.78 is 0. The minimum Gasteiger partial charge on any atom is -0.315 e. The first-order valence-electron chi connectivity index (χ1n) is 11.8. The molecule has 0 unspecified atom stereocenters. The summed E-state index contributed by atoms with van der Waals surface area (Å²) in [4.78, 5) is 2.23. The smallest absolute Gasteiger partial charge is 0.0101 e. The van der Waals surface area contributed by atoms with Gasteiger partial charge in [0, 0.05) is 13.1 Å². The van der Waals surface area contributed by atoms with Gasteiger partial charge in [0.2, 0.25) is 0 Å². The van der Waals surface area contributed by atoms with E-state index in [1.807, 2.05) is 0 Å². The molecule has 156 valence electrons. The first kappa shape index (κ1) is 25.7. The van der Waals surface area contributed by atoms with Crippen molar-refractivity contribution in [2.45, 2.75) is 110 Å². The second-order valence-corrected chi connectivity index (χ2v) is 8.20. The molecule has 0 aromatic carbocycles. The predicted molar refractivity (Wildman–Crippen MR) is 120 cm³/mol. The summed E-state index contributed by atoms with van der Waals surface area (Å²) >= 11 is 0. The second-order valence-electron chi connectivity index (χ2n) is 8.20. The normalized spacial score (nSPS) is 11.8. The number of rotatable bonds is 21. The van der Waals surface area contributed by atoms with Crippen LogP contribution >= 0.6 is 0 Å². The predicted octanol–water partition coefficient (Wildman–Crippen LogP) is 6.96. The van der Waals surface area contributed by atoms with Crippen molar-refractivity contribution < 1.29 is 0 Å². The summed E-state index contributed by atoms with van der Waals surface area (Å²) in [6.45, 7) is 5.75. The Hall–Kier alpha value is -0.340. The number of nitrogens with zero attached hydrogens (tertiary/aromatic N) is 1. The van der Waals surface area contributed by atoms with Crippen LogP contribution < -0.4 is 5.32 Å². The Kier molecular flexibility index (Phi) is 22.4. The van der Waals surface area contributed by atoms with Crippen LogP contribution in [0.1, 0.15) is 110 Å². The summed E-state index contributed by atoms with van der Waals surface area (Å²) in [7, 11) is 4.27. The maximum Gasteiger partial charge on any atom is 0.0101 e. The van der Waals surface area contributed by atoms with E-state index >= 15 is 0 Å². The molecule has 0 aliphatic heterocycles. The van der Waals surface area contributed by atoms with Crippen molar-refractivity contribution in [3.63, 3.8) is 0 Å². The number of nitrogens with one attached hydrogen (secondary N) is 1. The molecular weight excluding hydrogens is 316 g/mol. The average Bonchev–Trinajstić information content (AvgIpc) is 2.62. The molecule has 2 nitrogen and oxygen atoms in total. The van der Waals surface area contributed by atoms with Gasteiger partial charge in [-0.1, -0.05) is 89.7 Å². The number of unbranched alkanes of at least 4 members (excludes halogenated alkanes) is 14. The molecule has 0 heterocycles. The molecule has 1 N–H and O–H groups in total. The fourth-order valence-electron chi connectivity index (χ4n) is 3.28. The Morgan fingerprint density at radius 2 is 1.04 bits per heavy atom. The molecule has 0 radical (unpaired) electrons. The fraction of sp³-hybridized carbons (Fsp3) is 0.917. The topological polar surface area (TPSA) is 15.3 Å². The quantitative estimate of drug-likeness (QED) is 0.174. The van der Waals surface area contributed by atoms with Crippen LogP contribution in [0.5, 0.6) is 0 Å². The van der Waals surface area contributed by atoms with Crippen molar-refractivity contribution in [1.82, 2.24) is 10.2 Å². The standard InChI is InChI=1S/C24H50N2/c1-4-5-6-7-8-9-10-11-12-13-14-15-16-17-18-19-20-21-22-25-23-24-26(2)3/h11-12,25H,4-10,13-24H2,1-3H3. The number of hydrogen-bond donors (Lipinski definition) is 1. The molecule has 0 aliphatic rings. The Balaban J connectivity index is 3.05. The molecular formula is C24H50N2. The lowest BCUT2D eigenvalue weighted by molar-refractivity contribution is 0.398. The Morgan fingerprint density at radius 1 is 0.577 bits per heavy atom. The highest BCUT2D eigenvalue weighted by molar-refractivity contribution is 4.81. The van der Waals surface area contributed by atoms with Crippen LogP contribution in [0.2, 0.25) is 0 Å². The Morgan fingerprint density at radius 3 is 1.54 bits per heavy atom. The molecule has 0 spiro atoms. The molecule has 0 aromatic rings. The highest BCUT2D eigenvalue weighted by Crippen LogP contribution is 2.11. The van der Waals surface area contributed by atoms with Crippen LogP contribution in [0, 0.1) is 0 Å². The third-order valence-electron chi connectivity index (χ3n) is 5.10. The van der Waals surface area contributed by atoms with E-state index in [9.17, 15) is 0 Å². The van der Waals surface area contributed by atoms with Gasteiger partial charge in [0.05, 0.1) is 0 Å². The first-order chi connectivity index (χ1) is 12.8. The summed E-state index contributed by atoms with van der Waals surface area (Å²) in [5, 5.41) is 3.52. The highest BCUT2D eigenvalue weighted by atomic mass is 15.1. The third kappa shape index (κ3) is 23.7. The van der Waals surface area contributed by atoms with E-state index in [0.29, 0.717) is 0 Å². The van der Waals surface area contributed by atoms with Gasteiger partial charge in [-0.3, -0.25) is 0 Å². The zero-order chi connectivity index (χ0) is 19.1. The largest absolute Gasteiger partial charge is 0.315 e. The average molecular weight is 367 g/mol. The van der Waals surface area contributed by atoms with Crippen molar-refractivity contribution in [3.8, 4) is 0 Å². The maximum absolute atomic E-state index is 3.52. The van der Waals surface area contributed by atoms with Crippen LogP contribution in [0.4, 0.5) is 0 Å². The lowest BCUT2D eigenvalue weighted by Crippen LogP contribution is -2.27. The lowest BCUT2D eigenvalue weighted by atomic mass is 10.1. The highest BCUT2D eigenvalue weighted by Gasteiger charge is 1.93. The van der Waals surface area contributed by atoms with Gasteiger partial charge in [-0.25, -0.2) is 0 Å². The van der Waals surface area contributed by atoms with E-state index in [-0.39, 0.29) is 0 Å². The van der Waals surface area contributed by atoms with Crippen molar-refractivity contribution >= 4 is 0 Å². The minimum atomic E-state index is 1.13. The molecule has 26 heavy (non-hydrogen) atoms. The van der Waals surface area contributed by atoms with Gasteiger partial charge in [-0.15, -0.1) is 0 Å². The summed E-state index contributed by atoms with van der Waals surface area (Å²) in [6.07, 6.45) is 27.2. The van der Waals surface area contributed by atoms with Crippen LogP contribution in [-0.2, 0) is 0 Å². The second kappa shape index (κ2) is 22.7. The minimum absolute atomic E-state index is 1.13. The van der Waals surface area contributed by atoms with Gasteiger partial charge in [0.1, 0.15) is 0 Å². The van der Waals surface area contributed by atoms with Gasteiger partial charge in [-0.2, -0.15) is 0 Å². The van der Waals surface area contributed by atoms with Crippen molar-refractivity contribution in [2.75, 3.05) is 33.7 Å². The summed E-state index contributed by atoms with van der Waals surface area (Å²) in [6, 6.07) is 0. The van der Waals surface area contributed by atoms with Crippen LogP contribution in [0.25, 0.3) is 0 Å². The first-order valence-corrected chi connectivity index (χ1v) is 11.8. The van der Waals surface area contributed by atoms with E-state index in [0.717, 1.165) is 13.1 Å². The van der Waals surface area contributed by atoms with E-state index in [1.165, 1.54) is 109 Å². The Bertz CT molecular complexity index is 273. The van der Waals surface area contributed by atoms with E-state index in [4.69, 9.17) is 0 Å². The number of hydrogen-bond acceptors (Lipinski definition) is 2. The van der Waals surface area contributed by atoms with Crippen LogP contribution in [-0.4, -0.2) is 38.6 Å². The molecule has 0 aromatic heterocycles. The SMILES string of the molecule is CCCCCCCCC=CCCCCCCCCCCNCCN(C)C. The van der Waals surface area contributed by atoms with Crippen LogP contribution in [0.3, 0.4) is 0 Å². The maximum atomic E-state index is 3.52. The number of likely N-dealkylation sites (N-methyl/N-ethyl adjacent to an activating group) is 1. The van der Waals surface area contributed by atoms with Gasteiger partial charge in [0.25, 0.3) is 0 Å². The van der Waals surface area contributed by atoms with Crippen molar-refractivity contribution in [3.05, 3.63) is 12.2 Å². The zero-order valence-electron chi connectivity index (χ0n) is 18.5. The molecule has 0 rings (SSSR count). The van der Waals surface area contributed by atoms with E-state index < -0.39 is 0 Å². The van der Waals surface area contributed by atoms with Gasteiger partial charge in [-0.05, 0) is 52.7 Å². The molecule has 0 saturated heterocycles. The van der Waals surface area contributed by atoms with Crippen LogP contribution in [0.15, 0.2) is 12.2 Å². The van der Waals surface area contributed by atoms with E-state index in [2.05, 4.69) is 43.4 Å². The van der Waals surface area contributed by atoms with Gasteiger partial charge >= 0.3 is 0 Å². The fourth-order valence-corrected chi connectivity index (χ4v) is 3.28. The summed E-state index contributed by atoms with van der Waals surface area (Å²) in [5.41, 5.74) is 0. The van der Waals surface area contributed by atoms with Gasteiger partial charge < -0.3 is 10.2 Å². The Labute approximate surface area is 166 Å². The molecule has 0 fully saturated rings. The van der Waals surface area contributed by atoms with Gasteiger partial charge in [0.15, 0.2) is 0 Å². The molecule has 0 amide bonds. The van der Waals surface area contributed by atoms with Crippen molar-refractivity contribution in [1.29, 1.82) is 0 Å². The number of allylic oxidation sites excluding steroid dienone is 2. The third-order valence-corrected chi connectivity index (χ3v) is 5.10. The molecule has 0 atom stereocenters. The summed E-state index contributed by atoms with van der Waals surface area (Å²) in [5.74, 6) is 0. The zero-order valence-corrected chi connectivity index (χ0v) is 18.5.